The zero-order chi connectivity index (χ0) is 20.1. The molecule has 3 rings (SSSR count). The maximum Gasteiger partial charge on any atom is 0.318 e. The number of nitrogens with zero attached hydrogens (tertiary/aromatic N) is 1. The fourth-order valence-corrected chi connectivity index (χ4v) is 3.96. The molecule has 0 unspecified atom stereocenters. The Morgan fingerprint density at radius 3 is 2.46 bits per heavy atom. The third-order valence-corrected chi connectivity index (χ3v) is 5.61. The number of allylic oxidation sites excluding steroid dienone is 1. The Morgan fingerprint density at radius 2 is 1.89 bits per heavy atom. The summed E-state index contributed by atoms with van der Waals surface area (Å²) >= 11 is 0. The molecule has 152 valence electrons. The Labute approximate surface area is 167 Å². The van der Waals surface area contributed by atoms with Gasteiger partial charge in [0.15, 0.2) is 0 Å². The summed E-state index contributed by atoms with van der Waals surface area (Å²) in [5.41, 5.74) is 2.19. The lowest BCUT2D eigenvalue weighted by molar-refractivity contribution is -0.123. The molecule has 3 N–H and O–H groups in total. The quantitative estimate of drug-likeness (QED) is 0.643. The summed E-state index contributed by atoms with van der Waals surface area (Å²) in [6.07, 6.45) is 6.78. The fraction of sp³-hybridized carbons (Fsp3) is 0.545. The number of aliphatic hydroxyl groups is 1. The van der Waals surface area contributed by atoms with E-state index in [0.29, 0.717) is 13.1 Å². The molecule has 1 aliphatic carbocycles. The fourth-order valence-electron chi connectivity index (χ4n) is 3.96. The second-order valence-electron chi connectivity index (χ2n) is 7.67. The van der Waals surface area contributed by atoms with Crippen LogP contribution in [0.1, 0.15) is 50.2 Å². The van der Waals surface area contributed by atoms with E-state index in [0.717, 1.165) is 30.4 Å². The van der Waals surface area contributed by atoms with Crippen LogP contribution in [0.3, 0.4) is 0 Å². The second kappa shape index (κ2) is 9.24. The van der Waals surface area contributed by atoms with Crippen LogP contribution < -0.4 is 10.6 Å². The van der Waals surface area contributed by atoms with Gasteiger partial charge in [0.05, 0.1) is 18.7 Å². The van der Waals surface area contributed by atoms with Crippen molar-refractivity contribution >= 4 is 18.0 Å². The number of nitrogens with one attached hydrogen (secondary N) is 2. The summed E-state index contributed by atoms with van der Waals surface area (Å²) in [6.45, 7) is 4.88. The molecule has 2 fully saturated rings. The molecule has 6 heteroatoms. The molecule has 0 bridgehead atoms. The zero-order valence-electron chi connectivity index (χ0n) is 16.7. The van der Waals surface area contributed by atoms with Crippen LogP contribution in [0.15, 0.2) is 30.3 Å². The molecule has 6 nitrogen and oxygen atoms in total. The lowest BCUT2D eigenvalue weighted by Gasteiger charge is -2.54. The largest absolute Gasteiger partial charge is 0.394 e. The molecule has 1 saturated carbocycles. The third-order valence-electron chi connectivity index (χ3n) is 5.61. The topological polar surface area (TPSA) is 81.7 Å². The predicted octanol–water partition coefficient (Wildman–Crippen LogP) is 2.49. The van der Waals surface area contributed by atoms with Crippen LogP contribution >= 0.6 is 0 Å². The Bertz CT molecular complexity index is 712. The van der Waals surface area contributed by atoms with Crippen molar-refractivity contribution in [2.75, 3.05) is 19.7 Å². The average molecular weight is 386 g/mol. The minimum Gasteiger partial charge on any atom is -0.394 e. The number of rotatable bonds is 8. The first kappa shape index (κ1) is 20.4. The van der Waals surface area contributed by atoms with Crippen LogP contribution in [0.4, 0.5) is 4.79 Å². The van der Waals surface area contributed by atoms with Crippen molar-refractivity contribution in [2.45, 2.75) is 51.1 Å². The Kier molecular flexibility index (Phi) is 6.73. The standard InChI is InChI=1S/C22H31N3O3/c1-3-5-15-6-8-16(9-7-15)20-18(13-24-21(27)17-10-11-17)25(19(20)14-26)22(28)23-12-4-2/h3,5-9,17-20,26H,4,10-14H2,1-2H3,(H,23,28)(H,24,27)/b5-3+/t18-,19-,20-/m1/s1. The first-order chi connectivity index (χ1) is 13.6. The van der Waals surface area contributed by atoms with Gasteiger partial charge >= 0.3 is 6.03 Å². The number of aliphatic hydroxyl groups excluding tert-OH is 1. The van der Waals surface area contributed by atoms with Gasteiger partial charge in [-0.15, -0.1) is 0 Å². The van der Waals surface area contributed by atoms with Crippen molar-refractivity contribution in [3.05, 3.63) is 41.5 Å². The van der Waals surface area contributed by atoms with E-state index in [9.17, 15) is 14.7 Å². The molecule has 1 saturated heterocycles. The number of amides is 3. The first-order valence-electron chi connectivity index (χ1n) is 10.3. The van der Waals surface area contributed by atoms with Gasteiger partial charge in [-0.05, 0) is 37.3 Å². The molecule has 3 amide bonds. The smallest absolute Gasteiger partial charge is 0.318 e. The van der Waals surface area contributed by atoms with Gasteiger partial charge in [-0.1, -0.05) is 43.3 Å². The van der Waals surface area contributed by atoms with Gasteiger partial charge in [-0.25, -0.2) is 4.79 Å². The molecule has 1 aliphatic heterocycles. The molecule has 1 heterocycles. The van der Waals surface area contributed by atoms with Gasteiger partial charge < -0.3 is 20.6 Å². The van der Waals surface area contributed by atoms with E-state index in [-0.39, 0.29) is 42.5 Å². The maximum atomic E-state index is 12.7. The van der Waals surface area contributed by atoms with Crippen LogP contribution in [0.2, 0.25) is 0 Å². The monoisotopic (exact) mass is 385 g/mol. The van der Waals surface area contributed by atoms with Crippen LogP contribution in [0, 0.1) is 5.92 Å². The summed E-state index contributed by atoms with van der Waals surface area (Å²) in [4.78, 5) is 26.5. The van der Waals surface area contributed by atoms with Crippen molar-refractivity contribution < 1.29 is 14.7 Å². The van der Waals surface area contributed by atoms with Gasteiger partial charge in [0.25, 0.3) is 0 Å². The van der Waals surface area contributed by atoms with Gasteiger partial charge in [0.1, 0.15) is 0 Å². The summed E-state index contributed by atoms with van der Waals surface area (Å²) in [5, 5.41) is 15.9. The first-order valence-corrected chi connectivity index (χ1v) is 10.3. The molecule has 1 aromatic carbocycles. The second-order valence-corrected chi connectivity index (χ2v) is 7.67. The highest BCUT2D eigenvalue weighted by Crippen LogP contribution is 2.40. The highest BCUT2D eigenvalue weighted by molar-refractivity contribution is 5.81. The number of carbonyl (C=O) groups excluding carboxylic acids is 2. The third kappa shape index (κ3) is 4.38. The number of hydrogen-bond donors (Lipinski definition) is 3. The van der Waals surface area contributed by atoms with Crippen molar-refractivity contribution in [1.82, 2.24) is 15.5 Å². The van der Waals surface area contributed by atoms with Crippen LogP contribution in [0.25, 0.3) is 6.08 Å². The zero-order valence-corrected chi connectivity index (χ0v) is 16.7. The number of urea groups is 1. The number of carbonyl (C=O) groups is 2. The van der Waals surface area contributed by atoms with E-state index >= 15 is 0 Å². The normalized spacial score (nSPS) is 24.1. The van der Waals surface area contributed by atoms with E-state index in [1.54, 1.807) is 4.90 Å². The van der Waals surface area contributed by atoms with Gasteiger partial charge in [-0.2, -0.15) is 0 Å². The van der Waals surface area contributed by atoms with Gasteiger partial charge in [0, 0.05) is 24.9 Å². The van der Waals surface area contributed by atoms with Crippen molar-refractivity contribution in [3.63, 3.8) is 0 Å². The summed E-state index contributed by atoms with van der Waals surface area (Å²) in [5.74, 6) is 0.203. The summed E-state index contributed by atoms with van der Waals surface area (Å²) < 4.78 is 0. The van der Waals surface area contributed by atoms with Crippen LogP contribution in [-0.2, 0) is 4.79 Å². The Morgan fingerprint density at radius 1 is 1.18 bits per heavy atom. The molecule has 28 heavy (non-hydrogen) atoms. The minimum atomic E-state index is -0.285. The van der Waals surface area contributed by atoms with Gasteiger partial charge in [-0.3, -0.25) is 4.79 Å². The SMILES string of the molecule is C/C=C/c1ccc([C@H]2[C@@H](CO)N(C(=O)NCCC)[C@@H]2CNC(=O)C2CC2)cc1. The van der Waals surface area contributed by atoms with Crippen molar-refractivity contribution in [3.8, 4) is 0 Å². The van der Waals surface area contributed by atoms with Gasteiger partial charge in [0.2, 0.25) is 5.91 Å². The average Bonchev–Trinajstić information content (AvgIpc) is 3.52. The number of benzene rings is 1. The Balaban J connectivity index is 1.77. The number of hydrogen-bond acceptors (Lipinski definition) is 3. The predicted molar refractivity (Wildman–Crippen MR) is 110 cm³/mol. The lowest BCUT2D eigenvalue weighted by atomic mass is 9.75. The molecule has 0 aromatic heterocycles. The van der Waals surface area contributed by atoms with Crippen LogP contribution in [0.5, 0.6) is 0 Å². The van der Waals surface area contributed by atoms with Crippen molar-refractivity contribution in [2.24, 2.45) is 5.92 Å². The molecular formula is C22H31N3O3. The van der Waals surface area contributed by atoms with E-state index in [4.69, 9.17) is 0 Å². The molecule has 3 atom stereocenters. The van der Waals surface area contributed by atoms with E-state index in [2.05, 4.69) is 22.8 Å². The Hall–Kier alpha value is -2.34. The van der Waals surface area contributed by atoms with E-state index in [1.807, 2.05) is 38.1 Å². The lowest BCUT2D eigenvalue weighted by Crippen LogP contribution is -2.70. The summed E-state index contributed by atoms with van der Waals surface area (Å²) in [6, 6.07) is 7.58. The molecular weight excluding hydrogens is 354 g/mol. The van der Waals surface area contributed by atoms with E-state index < -0.39 is 0 Å². The highest BCUT2D eigenvalue weighted by Gasteiger charge is 2.51. The number of likely N-dealkylation sites (tertiary alicyclic amines) is 1. The summed E-state index contributed by atoms with van der Waals surface area (Å²) in [7, 11) is 0. The van der Waals surface area contributed by atoms with Crippen LogP contribution in [-0.4, -0.2) is 53.7 Å². The van der Waals surface area contributed by atoms with Crippen molar-refractivity contribution in [1.29, 1.82) is 0 Å². The van der Waals surface area contributed by atoms with E-state index in [1.165, 1.54) is 0 Å². The molecule has 0 spiro atoms. The molecule has 1 aromatic rings. The molecule has 2 aliphatic rings. The minimum absolute atomic E-state index is 0.00321. The highest BCUT2D eigenvalue weighted by atomic mass is 16.3. The maximum absolute atomic E-state index is 12.7. The molecule has 0 radical (unpaired) electrons.